The highest BCUT2D eigenvalue weighted by molar-refractivity contribution is 5.99. The molecule has 618 valence electrons. The lowest BCUT2D eigenvalue weighted by Crippen LogP contribution is -2.53. The second-order valence-corrected chi connectivity index (χ2v) is 21.6. The van der Waals surface area contributed by atoms with E-state index < -0.39 is 335 Å². The van der Waals surface area contributed by atoms with E-state index in [1.165, 1.54) is 0 Å². The number of carboxylic acids is 1. The van der Waals surface area contributed by atoms with Crippen LogP contribution < -0.4 is 133 Å². The lowest BCUT2D eigenvalue weighted by atomic mass is 10.3. The molecule has 5 atom stereocenters. The minimum absolute atomic E-state index is 0.369. The molecule has 0 fully saturated rings. The van der Waals surface area contributed by atoms with Crippen LogP contribution in [0.1, 0.15) is 0 Å². The number of nitrogens with two attached hydrogens (primary N) is 1. The summed E-state index contributed by atoms with van der Waals surface area (Å²) in [7, 11) is 0. The van der Waals surface area contributed by atoms with E-state index in [0.717, 1.165) is 0 Å². The van der Waals surface area contributed by atoms with E-state index in [1.54, 1.807) is 0 Å². The van der Waals surface area contributed by atoms with Crippen LogP contribution in [0.3, 0.4) is 0 Å². The largest absolute Gasteiger partial charge is 0.480 e. The molecule has 0 aromatic heterocycles. The zero-order chi connectivity index (χ0) is 84.0. The summed E-state index contributed by atoms with van der Waals surface area (Å²) in [6.45, 7) is -19.3. The maximum atomic E-state index is 12.5. The van der Waals surface area contributed by atoms with Gasteiger partial charge in [-0.05, 0) is 0 Å². The number of rotatable bonds is 54. The van der Waals surface area contributed by atoms with Crippen molar-refractivity contribution >= 4 is 148 Å². The van der Waals surface area contributed by atoms with Gasteiger partial charge in [0.05, 0.1) is 164 Å². The number of carbonyl (C=O) groups excluding carboxylic acids is 24. The molecule has 32 N–H and O–H groups in total. The van der Waals surface area contributed by atoms with E-state index in [2.05, 4.69) is 117 Å². The van der Waals surface area contributed by atoms with Gasteiger partial charge < -0.3 is 164 Å². The van der Waals surface area contributed by atoms with Crippen LogP contribution in [0.2, 0.25) is 0 Å². The highest BCUT2D eigenvalue weighted by Gasteiger charge is 2.27. The quantitative estimate of drug-likeness (QED) is 0.0269. The second kappa shape index (κ2) is 55.9. The van der Waals surface area contributed by atoms with Crippen LogP contribution in [0.4, 0.5) is 0 Å². The van der Waals surface area contributed by atoms with E-state index >= 15 is 0 Å². The summed E-state index contributed by atoms with van der Waals surface area (Å²) in [5, 5.41) is 106. The number of hydrogen-bond acceptors (Lipinski definition) is 31. The summed E-state index contributed by atoms with van der Waals surface area (Å²) >= 11 is 0. The van der Waals surface area contributed by atoms with Crippen LogP contribution in [0.15, 0.2) is 0 Å². The first-order chi connectivity index (χ1) is 52.5. The summed E-state index contributed by atoms with van der Waals surface area (Å²) in [5.41, 5.74) is 5.09. The van der Waals surface area contributed by atoms with Gasteiger partial charge >= 0.3 is 5.97 Å². The van der Waals surface area contributed by atoms with Gasteiger partial charge in [-0.15, -0.1) is 0 Å². The molecule has 0 rings (SSSR count). The first-order valence-electron chi connectivity index (χ1n) is 32.0. The number of amides is 24. The van der Waals surface area contributed by atoms with Crippen LogP contribution in [0, 0.1) is 0 Å². The topological polar surface area (TPSA) is 863 Å². The SMILES string of the molecule is NCC(=O)NCC(=O)NCC(=O)NCC(=O)N[C@@H](CO)C(=O)NCC(=O)NCC(=O)NCC(=O)NCC(=O)N[C@@H](CO)C(=O)NCC(=O)NCC(=O)NCC(=O)NCC(=O)N[C@@H](CO)C(=O)NCC(=O)NCC(=O)NCC(=O)NCC(=O)N[C@@H](CO)C(=O)NCC(=O)NCC(=O)NCC(=O)NCC(=O)N[C@@H](CO)C(=O)O. The molecular formula is C55H87N25O31. The molecule has 0 aliphatic carbocycles. The molecule has 56 heteroatoms. The third kappa shape index (κ3) is 48.4. The third-order valence-electron chi connectivity index (χ3n) is 12.7. The molecular weight excluding hydrogens is 1510 g/mol. The van der Waals surface area contributed by atoms with Crippen LogP contribution in [-0.4, -0.2) is 373 Å². The number of aliphatic hydroxyl groups excluding tert-OH is 5. The van der Waals surface area contributed by atoms with E-state index in [1.807, 2.05) is 10.6 Å². The predicted molar refractivity (Wildman–Crippen MR) is 359 cm³/mol. The van der Waals surface area contributed by atoms with E-state index in [0.29, 0.717) is 0 Å². The molecule has 0 spiro atoms. The van der Waals surface area contributed by atoms with Crippen molar-refractivity contribution in [2.75, 3.05) is 164 Å². The average Bonchev–Trinajstić information content (AvgIpc) is 0.932. The van der Waals surface area contributed by atoms with Gasteiger partial charge in [-0.2, -0.15) is 0 Å². The Bertz CT molecular complexity index is 3380. The van der Waals surface area contributed by atoms with Crippen LogP contribution in [0.5, 0.6) is 0 Å². The van der Waals surface area contributed by atoms with E-state index in [9.17, 15) is 140 Å². The van der Waals surface area contributed by atoms with Crippen molar-refractivity contribution < 1.29 is 151 Å². The van der Waals surface area contributed by atoms with Gasteiger partial charge in [0, 0.05) is 0 Å². The first kappa shape index (κ1) is 97.5. The molecule has 111 heavy (non-hydrogen) atoms. The molecule has 0 unspecified atom stereocenters. The van der Waals surface area contributed by atoms with Crippen LogP contribution >= 0.6 is 0 Å². The van der Waals surface area contributed by atoms with Crippen molar-refractivity contribution in [1.29, 1.82) is 0 Å². The number of aliphatic carboxylic acids is 1. The van der Waals surface area contributed by atoms with Gasteiger partial charge in [-0.1, -0.05) is 0 Å². The fraction of sp³-hybridized carbons (Fsp3) is 0.545. The molecule has 0 aromatic rings. The van der Waals surface area contributed by atoms with Crippen molar-refractivity contribution in [2.24, 2.45) is 5.73 Å². The van der Waals surface area contributed by atoms with Crippen molar-refractivity contribution in [1.82, 2.24) is 128 Å². The Hall–Kier alpha value is -13.5. The maximum absolute atomic E-state index is 12.5. The summed E-state index contributed by atoms with van der Waals surface area (Å²) in [6.07, 6.45) is 0. The smallest absolute Gasteiger partial charge is 0.328 e. The van der Waals surface area contributed by atoms with E-state index in [4.69, 9.17) is 15.9 Å². The number of carbonyl (C=O) groups is 25. The van der Waals surface area contributed by atoms with Gasteiger partial charge in [0.15, 0.2) is 0 Å². The molecule has 56 nitrogen and oxygen atoms in total. The Morgan fingerprint density at radius 2 is 0.297 bits per heavy atom. The molecule has 0 saturated carbocycles. The molecule has 0 radical (unpaired) electrons. The lowest BCUT2D eigenvalue weighted by Gasteiger charge is -2.17. The molecule has 24 amide bonds. The van der Waals surface area contributed by atoms with Gasteiger partial charge in [-0.25, -0.2) is 4.79 Å². The number of carboxylic acid groups (broad SMARTS) is 1. The van der Waals surface area contributed by atoms with Gasteiger partial charge in [0.2, 0.25) is 142 Å². The number of aliphatic hydroxyl groups is 5. The fourth-order valence-corrected chi connectivity index (χ4v) is 6.98. The Labute approximate surface area is 624 Å². The van der Waals surface area contributed by atoms with Gasteiger partial charge in [0.25, 0.3) is 0 Å². The first-order valence-corrected chi connectivity index (χ1v) is 32.0. The summed E-state index contributed by atoms with van der Waals surface area (Å²) < 4.78 is 0. The zero-order valence-electron chi connectivity index (χ0n) is 58.5. The minimum Gasteiger partial charge on any atom is -0.480 e. The maximum Gasteiger partial charge on any atom is 0.328 e. The normalized spacial score (nSPS) is 11.5. The predicted octanol–water partition coefficient (Wildman–Crippen LogP) is -25.4. The monoisotopic (exact) mass is 1590 g/mol. The van der Waals surface area contributed by atoms with Gasteiger partial charge in [-0.3, -0.25) is 115 Å². The Morgan fingerprint density at radius 1 is 0.180 bits per heavy atom. The third-order valence-corrected chi connectivity index (χ3v) is 12.7. The zero-order valence-corrected chi connectivity index (χ0v) is 58.5. The van der Waals surface area contributed by atoms with Crippen molar-refractivity contribution in [3.8, 4) is 0 Å². The minimum atomic E-state index is -1.69. The molecule has 0 aliphatic heterocycles. The highest BCUT2D eigenvalue weighted by atomic mass is 16.4. The standard InChI is InChI=1S/C55H87N25O31/c56-1-31(86)57-2-32(87)58-7-37(92)67-16-46(101)76-26(21-81)51(106)72-12-42(97)63-3-33(88)59-8-38(93)68-17-47(102)77-27(22-82)52(107)73-13-43(98)64-4-34(89)60-9-39(94)69-18-48(103)78-28(23-83)53(108)74-14-44(99)65-5-35(90)61-10-40(95)70-19-49(104)79-29(24-84)54(109)75-15-45(100)66-6-36(91)62-11-41(96)71-20-50(105)80-30(25-85)55(110)111/h26-30,81-85H,1-25,56H2,(H,57,86)(H,58,87)(H,59,88)(H,60,89)(H,61,90)(H,62,91)(H,63,97)(H,64,98)(H,65,99)(H,66,100)(H,67,92)(H,68,93)(H,69,94)(H,70,95)(H,71,96)(H,72,106)(H,73,107)(H,74,108)(H,75,109)(H,76,101)(H,77,102)(H,78,103)(H,79,104)(H,80,105)(H,110,111)/t26-,27-,28-,29-,30-/m0/s1. The van der Waals surface area contributed by atoms with Gasteiger partial charge in [0.1, 0.15) is 30.2 Å². The summed E-state index contributed by atoms with van der Waals surface area (Å²) in [5.74, 6) is -24.6. The highest BCUT2D eigenvalue weighted by Crippen LogP contribution is 1.90. The fourth-order valence-electron chi connectivity index (χ4n) is 6.98. The Morgan fingerprint density at radius 3 is 0.423 bits per heavy atom. The van der Waals surface area contributed by atoms with Crippen LogP contribution in [0.25, 0.3) is 0 Å². The molecule has 0 saturated heterocycles. The molecule has 0 bridgehead atoms. The molecule has 0 aliphatic rings. The van der Waals surface area contributed by atoms with E-state index in [-0.39, 0.29) is 6.54 Å². The Balaban J connectivity index is 4.46. The second-order valence-electron chi connectivity index (χ2n) is 21.6. The van der Waals surface area contributed by atoms with Crippen LogP contribution in [-0.2, 0) is 120 Å². The Kier molecular flexibility index (Phi) is 49.1. The lowest BCUT2D eigenvalue weighted by molar-refractivity contribution is -0.143. The molecule has 0 heterocycles. The summed E-state index contributed by atoms with van der Waals surface area (Å²) in [4.78, 5) is 302. The average molecular weight is 1590 g/mol. The number of nitrogens with one attached hydrogen (secondary N) is 24. The van der Waals surface area contributed by atoms with Crippen molar-refractivity contribution in [3.63, 3.8) is 0 Å². The summed E-state index contributed by atoms with van der Waals surface area (Å²) in [6, 6.07) is -8.25. The van der Waals surface area contributed by atoms with Crippen molar-refractivity contribution in [2.45, 2.75) is 30.2 Å². The van der Waals surface area contributed by atoms with Crippen molar-refractivity contribution in [3.05, 3.63) is 0 Å². The molecule has 0 aromatic carbocycles. The number of hydrogen-bond donors (Lipinski definition) is 31.